The first kappa shape index (κ1) is 16.2. The Morgan fingerprint density at radius 1 is 1.18 bits per heavy atom. The minimum absolute atomic E-state index is 0.126. The lowest BCUT2D eigenvalue weighted by Crippen LogP contribution is -2.12. The molecular formula is C17H19NO3S. The highest BCUT2D eigenvalue weighted by atomic mass is 32.1. The van der Waals surface area contributed by atoms with E-state index in [1.807, 2.05) is 37.3 Å². The second kappa shape index (κ2) is 7.22. The van der Waals surface area contributed by atoms with Crippen molar-refractivity contribution in [2.45, 2.75) is 27.2 Å². The van der Waals surface area contributed by atoms with Gasteiger partial charge in [0.25, 0.3) is 0 Å². The Hall–Kier alpha value is -2.14. The smallest absolute Gasteiger partial charge is 0.350 e. The predicted molar refractivity (Wildman–Crippen MR) is 89.4 cm³/mol. The molecule has 0 fully saturated rings. The minimum Gasteiger partial charge on any atom is -0.462 e. The highest BCUT2D eigenvalue weighted by Crippen LogP contribution is 2.35. The highest BCUT2D eigenvalue weighted by molar-refractivity contribution is 7.18. The van der Waals surface area contributed by atoms with Crippen molar-refractivity contribution in [3.8, 4) is 10.4 Å². The van der Waals surface area contributed by atoms with Crippen LogP contribution in [-0.4, -0.2) is 18.5 Å². The van der Waals surface area contributed by atoms with Crippen molar-refractivity contribution in [2.24, 2.45) is 0 Å². The van der Waals surface area contributed by atoms with Crippen molar-refractivity contribution < 1.29 is 14.3 Å². The van der Waals surface area contributed by atoms with Gasteiger partial charge < -0.3 is 10.1 Å². The van der Waals surface area contributed by atoms with E-state index in [0.717, 1.165) is 10.4 Å². The van der Waals surface area contributed by atoms with Crippen LogP contribution in [0.1, 0.15) is 35.5 Å². The Morgan fingerprint density at radius 2 is 1.86 bits per heavy atom. The molecule has 0 bridgehead atoms. The molecule has 4 nitrogen and oxygen atoms in total. The number of hydrogen-bond donors (Lipinski definition) is 1. The van der Waals surface area contributed by atoms with E-state index in [4.69, 9.17) is 4.74 Å². The average molecular weight is 317 g/mol. The lowest BCUT2D eigenvalue weighted by Gasteiger charge is -2.04. The van der Waals surface area contributed by atoms with Crippen molar-refractivity contribution in [1.82, 2.24) is 0 Å². The lowest BCUT2D eigenvalue weighted by atomic mass is 10.1. The Kier molecular flexibility index (Phi) is 5.33. The number of aryl methyl sites for hydroxylation is 1. The fourth-order valence-electron chi connectivity index (χ4n) is 1.93. The number of esters is 1. The summed E-state index contributed by atoms with van der Waals surface area (Å²) in [6.45, 7) is 5.86. The number of carbonyl (C=O) groups is 2. The topological polar surface area (TPSA) is 55.4 Å². The molecule has 2 rings (SSSR count). The van der Waals surface area contributed by atoms with E-state index >= 15 is 0 Å². The fourth-order valence-corrected chi connectivity index (χ4v) is 2.94. The number of ether oxygens (including phenoxy) is 1. The van der Waals surface area contributed by atoms with E-state index in [-0.39, 0.29) is 5.91 Å². The van der Waals surface area contributed by atoms with Crippen LogP contribution in [0.2, 0.25) is 0 Å². The van der Waals surface area contributed by atoms with Gasteiger partial charge >= 0.3 is 5.97 Å². The molecule has 0 aliphatic rings. The van der Waals surface area contributed by atoms with E-state index in [9.17, 15) is 9.59 Å². The summed E-state index contributed by atoms with van der Waals surface area (Å²) in [6.07, 6.45) is 0.359. The molecule has 0 saturated carbocycles. The van der Waals surface area contributed by atoms with Crippen LogP contribution in [0.3, 0.4) is 0 Å². The van der Waals surface area contributed by atoms with Crippen LogP contribution in [0, 0.1) is 6.92 Å². The summed E-state index contributed by atoms with van der Waals surface area (Å²) < 4.78 is 5.07. The molecule has 22 heavy (non-hydrogen) atoms. The fraction of sp³-hybridized carbons (Fsp3) is 0.294. The molecule has 116 valence electrons. The van der Waals surface area contributed by atoms with Gasteiger partial charge in [-0.3, -0.25) is 4.79 Å². The Labute approximate surface area is 134 Å². The van der Waals surface area contributed by atoms with Crippen LogP contribution >= 0.6 is 11.3 Å². The van der Waals surface area contributed by atoms with Gasteiger partial charge in [0.05, 0.1) is 12.3 Å². The van der Waals surface area contributed by atoms with Crippen molar-refractivity contribution >= 4 is 28.9 Å². The van der Waals surface area contributed by atoms with Gasteiger partial charge in [-0.2, -0.15) is 0 Å². The van der Waals surface area contributed by atoms with Crippen molar-refractivity contribution in [2.75, 3.05) is 11.9 Å². The summed E-state index contributed by atoms with van der Waals surface area (Å²) >= 11 is 1.33. The summed E-state index contributed by atoms with van der Waals surface area (Å²) in [5.74, 6) is -0.531. The molecule has 0 spiro atoms. The standard InChI is InChI=1S/C17H19NO3S/c1-4-15(19)18-13-10-14(12-8-6-11(3)7-9-12)22-16(13)17(20)21-5-2/h6-10H,4-5H2,1-3H3,(H,18,19). The summed E-state index contributed by atoms with van der Waals surface area (Å²) in [5, 5.41) is 2.77. The van der Waals surface area contributed by atoms with Crippen LogP contribution in [-0.2, 0) is 9.53 Å². The van der Waals surface area contributed by atoms with Gasteiger partial charge in [0.2, 0.25) is 5.91 Å². The Morgan fingerprint density at radius 3 is 2.45 bits per heavy atom. The van der Waals surface area contributed by atoms with Crippen molar-refractivity contribution in [1.29, 1.82) is 0 Å². The normalized spacial score (nSPS) is 10.3. The number of hydrogen-bond acceptors (Lipinski definition) is 4. The zero-order chi connectivity index (χ0) is 16.1. The van der Waals surface area contributed by atoms with Crippen LogP contribution < -0.4 is 5.32 Å². The monoisotopic (exact) mass is 317 g/mol. The van der Waals surface area contributed by atoms with E-state index in [1.165, 1.54) is 16.9 Å². The van der Waals surface area contributed by atoms with Gasteiger partial charge in [0, 0.05) is 11.3 Å². The number of amides is 1. The zero-order valence-corrected chi connectivity index (χ0v) is 13.8. The Bertz CT molecular complexity index is 674. The van der Waals surface area contributed by atoms with Crippen molar-refractivity contribution in [3.63, 3.8) is 0 Å². The maximum Gasteiger partial charge on any atom is 0.350 e. The van der Waals surface area contributed by atoms with Crippen LogP contribution in [0.4, 0.5) is 5.69 Å². The SMILES string of the molecule is CCOC(=O)c1sc(-c2ccc(C)cc2)cc1NC(=O)CC. The number of carbonyl (C=O) groups excluding carboxylic acids is 2. The number of rotatable bonds is 5. The molecular weight excluding hydrogens is 298 g/mol. The first-order valence-electron chi connectivity index (χ1n) is 7.23. The predicted octanol–water partition coefficient (Wildman–Crippen LogP) is 4.25. The van der Waals surface area contributed by atoms with Crippen molar-refractivity contribution in [3.05, 3.63) is 40.8 Å². The minimum atomic E-state index is -0.405. The third kappa shape index (κ3) is 3.74. The maximum atomic E-state index is 12.1. The molecule has 0 aliphatic heterocycles. The van der Waals surface area contributed by atoms with E-state index in [2.05, 4.69) is 5.32 Å². The summed E-state index contributed by atoms with van der Waals surface area (Å²) in [5.41, 5.74) is 2.70. The number of nitrogens with one attached hydrogen (secondary N) is 1. The van der Waals surface area contributed by atoms with Gasteiger partial charge in [-0.15, -0.1) is 11.3 Å². The van der Waals surface area contributed by atoms with E-state index in [1.54, 1.807) is 13.8 Å². The molecule has 5 heteroatoms. The number of anilines is 1. The van der Waals surface area contributed by atoms with Crippen LogP contribution in [0.15, 0.2) is 30.3 Å². The van der Waals surface area contributed by atoms with Gasteiger partial charge in [0.1, 0.15) is 4.88 Å². The largest absolute Gasteiger partial charge is 0.462 e. The molecule has 1 heterocycles. The molecule has 0 saturated heterocycles. The molecule has 1 aromatic heterocycles. The maximum absolute atomic E-state index is 12.1. The second-order valence-corrected chi connectivity index (χ2v) is 5.89. The van der Waals surface area contributed by atoms with Gasteiger partial charge in [-0.1, -0.05) is 36.8 Å². The third-order valence-corrected chi connectivity index (χ3v) is 4.29. The molecule has 0 atom stereocenters. The van der Waals surface area contributed by atoms with E-state index in [0.29, 0.717) is 23.6 Å². The molecule has 1 amide bonds. The molecule has 0 aliphatic carbocycles. The van der Waals surface area contributed by atoms with Crippen LogP contribution in [0.25, 0.3) is 10.4 Å². The third-order valence-electron chi connectivity index (χ3n) is 3.12. The molecule has 0 unspecified atom stereocenters. The second-order valence-electron chi connectivity index (χ2n) is 4.84. The summed E-state index contributed by atoms with van der Waals surface area (Å²) in [7, 11) is 0. The van der Waals surface area contributed by atoms with E-state index < -0.39 is 5.97 Å². The zero-order valence-electron chi connectivity index (χ0n) is 12.9. The Balaban J connectivity index is 2.40. The molecule has 1 aromatic carbocycles. The van der Waals surface area contributed by atoms with Gasteiger partial charge in [-0.05, 0) is 25.5 Å². The molecule has 1 N–H and O–H groups in total. The number of benzene rings is 1. The number of thiophene rings is 1. The quantitative estimate of drug-likeness (QED) is 0.839. The van der Waals surface area contributed by atoms with Gasteiger partial charge in [0.15, 0.2) is 0 Å². The molecule has 2 aromatic rings. The first-order valence-corrected chi connectivity index (χ1v) is 8.04. The average Bonchev–Trinajstić information content (AvgIpc) is 2.92. The van der Waals surface area contributed by atoms with Gasteiger partial charge in [-0.25, -0.2) is 4.79 Å². The lowest BCUT2D eigenvalue weighted by molar-refractivity contribution is -0.115. The first-order chi connectivity index (χ1) is 10.5. The summed E-state index contributed by atoms with van der Waals surface area (Å²) in [4.78, 5) is 25.1. The van der Waals surface area contributed by atoms with Crippen LogP contribution in [0.5, 0.6) is 0 Å². The molecule has 0 radical (unpaired) electrons. The summed E-state index contributed by atoms with van der Waals surface area (Å²) in [6, 6.07) is 9.87. The highest BCUT2D eigenvalue weighted by Gasteiger charge is 2.19.